The quantitative estimate of drug-likeness (QED) is 0.773. The third kappa shape index (κ3) is 2.32. The van der Waals surface area contributed by atoms with Gasteiger partial charge in [-0.3, -0.25) is 4.98 Å². The lowest BCUT2D eigenvalue weighted by atomic mass is 9.96. The van der Waals surface area contributed by atoms with Gasteiger partial charge < -0.3 is 9.51 Å². The minimum atomic E-state index is -0.140. The van der Waals surface area contributed by atoms with E-state index in [4.69, 9.17) is 4.52 Å². The molecule has 0 aromatic carbocycles. The lowest BCUT2D eigenvalue weighted by molar-refractivity contribution is 0.402. The second kappa shape index (κ2) is 4.56. The van der Waals surface area contributed by atoms with Crippen LogP contribution in [0.4, 0.5) is 0 Å². The van der Waals surface area contributed by atoms with E-state index in [2.05, 4.69) is 25.1 Å². The molecule has 3 rings (SSSR count). The zero-order valence-electron chi connectivity index (χ0n) is 11.6. The van der Waals surface area contributed by atoms with E-state index in [0.717, 1.165) is 11.3 Å². The number of rotatable bonds is 2. The number of imidazole rings is 1. The Bertz CT molecular complexity index is 709. The van der Waals surface area contributed by atoms with Gasteiger partial charge in [0.25, 0.3) is 5.89 Å². The van der Waals surface area contributed by atoms with Crippen LogP contribution in [0.25, 0.3) is 23.0 Å². The van der Waals surface area contributed by atoms with E-state index in [0.29, 0.717) is 17.5 Å². The van der Waals surface area contributed by atoms with Crippen molar-refractivity contribution in [3.05, 3.63) is 36.5 Å². The van der Waals surface area contributed by atoms with Gasteiger partial charge in [-0.1, -0.05) is 25.9 Å². The number of hydrogen-bond donors (Lipinski definition) is 1. The summed E-state index contributed by atoms with van der Waals surface area (Å²) in [6.07, 6.45) is 5.15. The third-order valence-electron chi connectivity index (χ3n) is 2.84. The van der Waals surface area contributed by atoms with Crippen LogP contribution in [-0.2, 0) is 5.41 Å². The van der Waals surface area contributed by atoms with E-state index in [-0.39, 0.29) is 5.41 Å². The molecule has 0 amide bonds. The lowest BCUT2D eigenvalue weighted by Crippen LogP contribution is -2.13. The smallest absolute Gasteiger partial charge is 0.258 e. The van der Waals surface area contributed by atoms with Gasteiger partial charge in [0.2, 0.25) is 0 Å². The Morgan fingerprint density at radius 2 is 2.00 bits per heavy atom. The first-order chi connectivity index (χ1) is 9.54. The Labute approximate surface area is 116 Å². The van der Waals surface area contributed by atoms with Crippen LogP contribution < -0.4 is 0 Å². The van der Waals surface area contributed by atoms with Gasteiger partial charge in [-0.2, -0.15) is 4.98 Å². The van der Waals surface area contributed by atoms with Crippen molar-refractivity contribution in [2.75, 3.05) is 0 Å². The molecule has 0 saturated carbocycles. The highest BCUT2D eigenvalue weighted by Crippen LogP contribution is 2.25. The molecule has 0 aliphatic heterocycles. The largest absolute Gasteiger partial charge is 0.343 e. The highest BCUT2D eigenvalue weighted by atomic mass is 16.5. The molecule has 6 heteroatoms. The van der Waals surface area contributed by atoms with Crippen molar-refractivity contribution >= 4 is 0 Å². The number of H-pyrrole nitrogens is 1. The molecular weight excluding hydrogens is 254 g/mol. The summed E-state index contributed by atoms with van der Waals surface area (Å²) in [4.78, 5) is 15.9. The molecule has 0 bridgehead atoms. The normalized spacial score (nSPS) is 11.8. The molecular formula is C14H15N5O. The van der Waals surface area contributed by atoms with Crippen LogP contribution in [0.5, 0.6) is 0 Å². The number of nitrogens with one attached hydrogen (secondary N) is 1. The van der Waals surface area contributed by atoms with Gasteiger partial charge in [-0.15, -0.1) is 0 Å². The van der Waals surface area contributed by atoms with E-state index in [1.165, 1.54) is 0 Å². The van der Waals surface area contributed by atoms with Gasteiger partial charge in [0.1, 0.15) is 5.69 Å². The molecule has 0 unspecified atom stereocenters. The molecule has 3 aromatic heterocycles. The molecule has 3 heterocycles. The van der Waals surface area contributed by atoms with Gasteiger partial charge in [0.15, 0.2) is 11.6 Å². The van der Waals surface area contributed by atoms with Gasteiger partial charge in [0, 0.05) is 29.6 Å². The number of nitrogens with zero attached hydrogens (tertiary/aromatic N) is 4. The van der Waals surface area contributed by atoms with Crippen molar-refractivity contribution in [2.24, 2.45) is 0 Å². The Morgan fingerprint density at radius 3 is 2.65 bits per heavy atom. The zero-order chi connectivity index (χ0) is 14.2. The van der Waals surface area contributed by atoms with Crippen LogP contribution in [-0.4, -0.2) is 25.1 Å². The first kappa shape index (κ1) is 12.5. The number of pyridine rings is 1. The van der Waals surface area contributed by atoms with Crippen LogP contribution in [0.1, 0.15) is 26.6 Å². The van der Waals surface area contributed by atoms with Crippen LogP contribution in [0, 0.1) is 0 Å². The van der Waals surface area contributed by atoms with Gasteiger partial charge in [-0.05, 0) is 12.1 Å². The van der Waals surface area contributed by atoms with Gasteiger partial charge in [0.05, 0.1) is 0 Å². The molecule has 1 N–H and O–H groups in total. The molecule has 0 radical (unpaired) electrons. The fraction of sp³-hybridized carbons (Fsp3) is 0.286. The van der Waals surface area contributed by atoms with Crippen LogP contribution in [0.15, 0.2) is 35.2 Å². The maximum atomic E-state index is 5.33. The molecule has 0 aliphatic rings. The van der Waals surface area contributed by atoms with E-state index < -0.39 is 0 Å². The molecule has 6 nitrogen and oxygen atoms in total. The average Bonchev–Trinajstić information content (AvgIpc) is 3.10. The highest BCUT2D eigenvalue weighted by molar-refractivity contribution is 5.61. The Hall–Kier alpha value is -2.50. The van der Waals surface area contributed by atoms with E-state index in [1.807, 2.05) is 32.9 Å². The van der Waals surface area contributed by atoms with Crippen molar-refractivity contribution in [3.8, 4) is 23.0 Å². The monoisotopic (exact) mass is 269 g/mol. The standard InChI is InChI=1S/C14H15N5O/c1-14(2,3)13-18-12(20-19-13)9-4-5-15-10(8-9)11-16-6-7-17-11/h4-8H,1-3H3,(H,16,17). The first-order valence-corrected chi connectivity index (χ1v) is 6.34. The fourth-order valence-electron chi connectivity index (χ4n) is 1.74. The molecule has 0 spiro atoms. The highest BCUT2D eigenvalue weighted by Gasteiger charge is 2.21. The summed E-state index contributed by atoms with van der Waals surface area (Å²) in [5, 5.41) is 4.03. The second-order valence-corrected chi connectivity index (χ2v) is 5.54. The summed E-state index contributed by atoms with van der Waals surface area (Å²) in [6, 6.07) is 3.71. The number of hydrogen-bond acceptors (Lipinski definition) is 5. The molecule has 0 aliphatic carbocycles. The average molecular weight is 269 g/mol. The van der Waals surface area contributed by atoms with E-state index in [1.54, 1.807) is 18.6 Å². The van der Waals surface area contributed by atoms with Gasteiger partial charge in [-0.25, -0.2) is 4.98 Å². The van der Waals surface area contributed by atoms with Crippen molar-refractivity contribution in [1.82, 2.24) is 25.1 Å². The molecule has 0 saturated heterocycles. The summed E-state index contributed by atoms with van der Waals surface area (Å²) >= 11 is 0. The van der Waals surface area contributed by atoms with E-state index in [9.17, 15) is 0 Å². The minimum absolute atomic E-state index is 0.140. The fourth-order valence-corrected chi connectivity index (χ4v) is 1.74. The Balaban J connectivity index is 1.99. The number of aromatic amines is 1. The SMILES string of the molecule is CC(C)(C)c1noc(-c2ccnc(-c3ncc[nH]3)c2)n1. The summed E-state index contributed by atoms with van der Waals surface area (Å²) in [7, 11) is 0. The summed E-state index contributed by atoms with van der Waals surface area (Å²) in [5.41, 5.74) is 1.43. The zero-order valence-corrected chi connectivity index (χ0v) is 11.6. The van der Waals surface area contributed by atoms with E-state index >= 15 is 0 Å². The Morgan fingerprint density at radius 1 is 1.15 bits per heavy atom. The maximum absolute atomic E-state index is 5.33. The first-order valence-electron chi connectivity index (χ1n) is 6.34. The molecule has 0 atom stereocenters. The van der Waals surface area contributed by atoms with Crippen LogP contribution >= 0.6 is 0 Å². The summed E-state index contributed by atoms with van der Waals surface area (Å²) in [5.74, 6) is 1.89. The van der Waals surface area contributed by atoms with Crippen molar-refractivity contribution < 1.29 is 4.52 Å². The number of aromatic nitrogens is 5. The summed E-state index contributed by atoms with van der Waals surface area (Å²) < 4.78 is 5.33. The molecule has 0 fully saturated rings. The van der Waals surface area contributed by atoms with Crippen molar-refractivity contribution in [1.29, 1.82) is 0 Å². The predicted octanol–water partition coefficient (Wildman–Crippen LogP) is 2.82. The summed E-state index contributed by atoms with van der Waals surface area (Å²) in [6.45, 7) is 6.13. The molecule has 3 aromatic rings. The van der Waals surface area contributed by atoms with Gasteiger partial charge >= 0.3 is 0 Å². The predicted molar refractivity (Wildman–Crippen MR) is 73.8 cm³/mol. The molecule has 20 heavy (non-hydrogen) atoms. The van der Waals surface area contributed by atoms with Crippen LogP contribution in [0.2, 0.25) is 0 Å². The Kier molecular flexibility index (Phi) is 2.85. The van der Waals surface area contributed by atoms with Crippen LogP contribution in [0.3, 0.4) is 0 Å². The second-order valence-electron chi connectivity index (χ2n) is 5.54. The van der Waals surface area contributed by atoms with Crippen molar-refractivity contribution in [3.63, 3.8) is 0 Å². The third-order valence-corrected chi connectivity index (χ3v) is 2.84. The minimum Gasteiger partial charge on any atom is -0.343 e. The van der Waals surface area contributed by atoms with Crippen molar-refractivity contribution in [2.45, 2.75) is 26.2 Å². The maximum Gasteiger partial charge on any atom is 0.258 e. The molecule has 102 valence electrons. The topological polar surface area (TPSA) is 80.5 Å². The lowest BCUT2D eigenvalue weighted by Gasteiger charge is -2.10.